The highest BCUT2D eigenvalue weighted by atomic mass is 127. The zero-order chi connectivity index (χ0) is 13.1. The Morgan fingerprint density at radius 2 is 2.00 bits per heavy atom. The third kappa shape index (κ3) is 3.55. The fourth-order valence-electron chi connectivity index (χ4n) is 1.13. The summed E-state index contributed by atoms with van der Waals surface area (Å²) < 4.78 is 0.645. The van der Waals surface area contributed by atoms with Crippen LogP contribution in [0.2, 0.25) is 0 Å². The van der Waals surface area contributed by atoms with Crippen molar-refractivity contribution in [2.75, 3.05) is 13.2 Å². The number of aliphatic hydroxyl groups excluding tert-OH is 2. The van der Waals surface area contributed by atoms with E-state index in [1.165, 1.54) is 13.0 Å². The van der Waals surface area contributed by atoms with Gasteiger partial charge in [0, 0.05) is 5.56 Å². The summed E-state index contributed by atoms with van der Waals surface area (Å²) >= 11 is 1.95. The van der Waals surface area contributed by atoms with Crippen LogP contribution < -0.4 is 5.32 Å². The molecule has 0 unspecified atom stereocenters. The first kappa shape index (κ1) is 14.2. The normalized spacial score (nSPS) is 11.3. The zero-order valence-corrected chi connectivity index (χ0v) is 11.4. The summed E-state index contributed by atoms with van der Waals surface area (Å²) in [6, 6.07) is 4.51. The lowest BCUT2D eigenvalue weighted by atomic mass is 10.0. The second-order valence-corrected chi connectivity index (χ2v) is 5.16. The highest BCUT2D eigenvalue weighted by Crippen LogP contribution is 2.20. The van der Waals surface area contributed by atoms with Gasteiger partial charge in [0.2, 0.25) is 0 Å². The van der Waals surface area contributed by atoms with Gasteiger partial charge in [-0.05, 0) is 47.7 Å². The average molecular weight is 351 g/mol. The highest BCUT2D eigenvalue weighted by molar-refractivity contribution is 14.1. The Morgan fingerprint density at radius 3 is 2.47 bits per heavy atom. The molecule has 0 aliphatic rings. The van der Waals surface area contributed by atoms with Gasteiger partial charge >= 0.3 is 0 Å². The van der Waals surface area contributed by atoms with Gasteiger partial charge in [0.05, 0.1) is 22.3 Å². The highest BCUT2D eigenvalue weighted by Gasteiger charge is 2.25. The van der Waals surface area contributed by atoms with E-state index in [4.69, 9.17) is 10.2 Å². The molecule has 0 aliphatic carbocycles. The minimum atomic E-state index is -1.07. The summed E-state index contributed by atoms with van der Waals surface area (Å²) in [7, 11) is 0. The number of phenolic OH excluding ortho intramolecular Hbond substituents is 1. The Labute approximate surface area is 113 Å². The largest absolute Gasteiger partial charge is 0.507 e. The number of aliphatic hydroxyl groups is 2. The van der Waals surface area contributed by atoms with Crippen molar-refractivity contribution in [3.05, 3.63) is 27.3 Å². The summed E-state index contributed by atoms with van der Waals surface area (Å²) in [5.41, 5.74) is -0.800. The van der Waals surface area contributed by atoms with E-state index >= 15 is 0 Å². The van der Waals surface area contributed by atoms with Crippen LogP contribution in [0.4, 0.5) is 0 Å². The van der Waals surface area contributed by atoms with Crippen LogP contribution in [0.15, 0.2) is 18.2 Å². The number of halogens is 1. The second-order valence-electron chi connectivity index (χ2n) is 4.00. The lowest BCUT2D eigenvalue weighted by molar-refractivity contribution is 0.0723. The van der Waals surface area contributed by atoms with Crippen LogP contribution in [-0.4, -0.2) is 40.0 Å². The third-order valence-corrected chi connectivity index (χ3v) is 3.23. The van der Waals surface area contributed by atoms with Gasteiger partial charge in [0.15, 0.2) is 0 Å². The van der Waals surface area contributed by atoms with E-state index < -0.39 is 11.4 Å². The molecule has 0 saturated heterocycles. The smallest absolute Gasteiger partial charge is 0.251 e. The minimum Gasteiger partial charge on any atom is -0.507 e. The molecular weight excluding hydrogens is 337 g/mol. The quantitative estimate of drug-likeness (QED) is 0.594. The fourth-order valence-corrected chi connectivity index (χ4v) is 1.46. The molecule has 1 amide bonds. The summed E-state index contributed by atoms with van der Waals surface area (Å²) in [5.74, 6) is -0.435. The van der Waals surface area contributed by atoms with Crippen LogP contribution in [0.5, 0.6) is 5.75 Å². The standard InChI is InChI=1S/C11H14INO4/c1-11(5-14,6-15)13-10(17)7-2-3-8(12)9(16)4-7/h2-4,14-16H,5-6H2,1H3,(H,13,17). The molecule has 1 rings (SSSR count). The Balaban J connectivity index is 2.86. The predicted octanol–water partition coefficient (Wildman–Crippen LogP) is 0.470. The van der Waals surface area contributed by atoms with E-state index in [0.29, 0.717) is 3.57 Å². The average Bonchev–Trinajstić information content (AvgIpc) is 2.32. The van der Waals surface area contributed by atoms with E-state index in [0.717, 1.165) is 0 Å². The van der Waals surface area contributed by atoms with Gasteiger partial charge in [-0.2, -0.15) is 0 Å². The maximum Gasteiger partial charge on any atom is 0.251 e. The Bertz CT molecular complexity index is 418. The molecular formula is C11H14INO4. The molecule has 17 heavy (non-hydrogen) atoms. The SMILES string of the molecule is CC(CO)(CO)NC(=O)c1ccc(I)c(O)c1. The number of carbonyl (C=O) groups excluding carboxylic acids is 1. The van der Waals surface area contributed by atoms with Crippen molar-refractivity contribution in [2.24, 2.45) is 0 Å². The van der Waals surface area contributed by atoms with Crippen LogP contribution in [0.25, 0.3) is 0 Å². The van der Waals surface area contributed by atoms with Crippen LogP contribution in [0.3, 0.4) is 0 Å². The predicted molar refractivity (Wildman–Crippen MR) is 70.9 cm³/mol. The molecule has 5 nitrogen and oxygen atoms in total. The van der Waals surface area contributed by atoms with E-state index in [-0.39, 0.29) is 24.5 Å². The molecule has 0 radical (unpaired) electrons. The lowest BCUT2D eigenvalue weighted by Gasteiger charge is -2.26. The number of aromatic hydroxyl groups is 1. The Hall–Kier alpha value is -0.860. The van der Waals surface area contributed by atoms with Crippen LogP contribution in [0, 0.1) is 3.57 Å². The van der Waals surface area contributed by atoms with Crippen molar-refractivity contribution in [1.82, 2.24) is 5.32 Å². The monoisotopic (exact) mass is 351 g/mol. The number of hydrogen-bond acceptors (Lipinski definition) is 4. The van der Waals surface area contributed by atoms with Crippen LogP contribution >= 0.6 is 22.6 Å². The van der Waals surface area contributed by atoms with Crippen molar-refractivity contribution in [2.45, 2.75) is 12.5 Å². The zero-order valence-electron chi connectivity index (χ0n) is 9.27. The number of nitrogens with one attached hydrogen (secondary N) is 1. The fraction of sp³-hybridized carbons (Fsp3) is 0.364. The number of rotatable bonds is 4. The van der Waals surface area contributed by atoms with Gasteiger partial charge in [-0.25, -0.2) is 0 Å². The molecule has 1 aromatic carbocycles. The minimum absolute atomic E-state index is 0.0213. The molecule has 0 saturated carbocycles. The number of hydrogen-bond donors (Lipinski definition) is 4. The van der Waals surface area contributed by atoms with Gasteiger partial charge in [-0.15, -0.1) is 0 Å². The first-order valence-corrected chi connectivity index (χ1v) is 6.02. The molecule has 0 bridgehead atoms. The molecule has 0 fully saturated rings. The summed E-state index contributed by atoms with van der Waals surface area (Å²) in [6.45, 7) is 0.786. The third-order valence-electron chi connectivity index (χ3n) is 2.32. The van der Waals surface area contributed by atoms with E-state index in [1.54, 1.807) is 12.1 Å². The van der Waals surface area contributed by atoms with Gasteiger partial charge in [0.1, 0.15) is 5.75 Å². The van der Waals surface area contributed by atoms with Gasteiger partial charge in [-0.1, -0.05) is 0 Å². The van der Waals surface area contributed by atoms with Crippen molar-refractivity contribution in [1.29, 1.82) is 0 Å². The second kappa shape index (κ2) is 5.65. The maximum absolute atomic E-state index is 11.8. The van der Waals surface area contributed by atoms with Gasteiger partial charge < -0.3 is 20.6 Å². The Kier molecular flexibility index (Phi) is 4.72. The maximum atomic E-state index is 11.8. The van der Waals surface area contributed by atoms with Crippen molar-refractivity contribution in [3.63, 3.8) is 0 Å². The first-order valence-electron chi connectivity index (χ1n) is 4.94. The topological polar surface area (TPSA) is 89.8 Å². The molecule has 1 aromatic rings. The van der Waals surface area contributed by atoms with Crippen molar-refractivity contribution in [3.8, 4) is 5.75 Å². The number of carbonyl (C=O) groups is 1. The molecule has 4 N–H and O–H groups in total. The Morgan fingerprint density at radius 1 is 1.41 bits per heavy atom. The van der Waals surface area contributed by atoms with E-state index in [1.807, 2.05) is 22.6 Å². The summed E-state index contributed by atoms with van der Waals surface area (Å²) in [6.07, 6.45) is 0. The molecule has 0 spiro atoms. The van der Waals surface area contributed by atoms with Gasteiger partial charge in [0.25, 0.3) is 5.91 Å². The molecule has 0 aromatic heterocycles. The molecule has 0 heterocycles. The molecule has 0 atom stereocenters. The van der Waals surface area contributed by atoms with Crippen LogP contribution in [-0.2, 0) is 0 Å². The number of phenols is 1. The van der Waals surface area contributed by atoms with E-state index in [9.17, 15) is 9.90 Å². The van der Waals surface area contributed by atoms with Crippen molar-refractivity contribution < 1.29 is 20.1 Å². The van der Waals surface area contributed by atoms with Crippen molar-refractivity contribution >= 4 is 28.5 Å². The molecule has 0 aliphatic heterocycles. The van der Waals surface area contributed by atoms with Crippen LogP contribution in [0.1, 0.15) is 17.3 Å². The molecule has 6 heteroatoms. The first-order chi connectivity index (χ1) is 7.91. The summed E-state index contributed by atoms with van der Waals surface area (Å²) in [4.78, 5) is 11.8. The summed E-state index contributed by atoms with van der Waals surface area (Å²) in [5, 5.41) is 30.1. The van der Waals surface area contributed by atoms with E-state index in [2.05, 4.69) is 5.32 Å². The lowest BCUT2D eigenvalue weighted by Crippen LogP contribution is -2.51. The molecule has 94 valence electrons. The number of amides is 1. The number of benzene rings is 1. The van der Waals surface area contributed by atoms with Gasteiger partial charge in [-0.3, -0.25) is 4.79 Å².